The van der Waals surface area contributed by atoms with Crippen molar-refractivity contribution in [2.75, 3.05) is 31.8 Å². The molecule has 182 valence electrons. The number of amides is 2. The highest BCUT2D eigenvalue weighted by Crippen LogP contribution is 2.28. The highest BCUT2D eigenvalue weighted by Gasteiger charge is 2.18. The van der Waals surface area contributed by atoms with Crippen LogP contribution in [0.2, 0.25) is 10.0 Å². The summed E-state index contributed by atoms with van der Waals surface area (Å²) in [6.07, 6.45) is 1.37. The third kappa shape index (κ3) is 6.84. The monoisotopic (exact) mass is 542 g/mol. The molecule has 2 heterocycles. The van der Waals surface area contributed by atoms with Crippen LogP contribution >= 0.6 is 46.3 Å². The topological polar surface area (TPSA) is 102 Å². The number of halogens is 2. The van der Waals surface area contributed by atoms with E-state index in [1.165, 1.54) is 16.7 Å². The maximum atomic E-state index is 12.4. The molecule has 0 saturated heterocycles. The van der Waals surface area contributed by atoms with Gasteiger partial charge >= 0.3 is 0 Å². The average Bonchev–Trinajstić information content (AvgIpc) is 3.32. The van der Waals surface area contributed by atoms with E-state index in [4.69, 9.17) is 27.9 Å². The lowest BCUT2D eigenvalue weighted by atomic mass is 10.3. The number of ether oxygens (including phenoxy) is 1. The van der Waals surface area contributed by atoms with Crippen LogP contribution in [0.3, 0.4) is 0 Å². The predicted molar refractivity (Wildman–Crippen MR) is 136 cm³/mol. The summed E-state index contributed by atoms with van der Waals surface area (Å²) in [7, 11) is 5.21. The molecule has 34 heavy (non-hydrogen) atoms. The van der Waals surface area contributed by atoms with Gasteiger partial charge < -0.3 is 19.5 Å². The third-order valence-corrected chi connectivity index (χ3v) is 7.21. The summed E-state index contributed by atoms with van der Waals surface area (Å²) in [4.78, 5) is 30.8. The van der Waals surface area contributed by atoms with E-state index < -0.39 is 0 Å². The van der Waals surface area contributed by atoms with E-state index in [1.54, 1.807) is 39.2 Å². The Labute approximate surface area is 215 Å². The zero-order chi connectivity index (χ0) is 24.8. The van der Waals surface area contributed by atoms with Gasteiger partial charge in [-0.3, -0.25) is 9.59 Å². The number of thioether (sulfide) groups is 1. The van der Waals surface area contributed by atoms with Crippen LogP contribution in [0.25, 0.3) is 0 Å². The van der Waals surface area contributed by atoms with Crippen molar-refractivity contribution < 1.29 is 14.3 Å². The molecule has 0 atom stereocenters. The molecule has 0 aliphatic carbocycles. The van der Waals surface area contributed by atoms with Crippen LogP contribution in [0.5, 0.6) is 5.75 Å². The summed E-state index contributed by atoms with van der Waals surface area (Å²) >= 11 is 14.4. The van der Waals surface area contributed by atoms with E-state index >= 15 is 0 Å². The van der Waals surface area contributed by atoms with Gasteiger partial charge in [-0.05, 0) is 31.5 Å². The lowest BCUT2D eigenvalue weighted by molar-refractivity contribution is -0.113. The van der Waals surface area contributed by atoms with E-state index in [-0.39, 0.29) is 17.6 Å². The fourth-order valence-corrected chi connectivity index (χ4v) is 5.03. The first-order valence-corrected chi connectivity index (χ1v) is 12.8. The van der Waals surface area contributed by atoms with E-state index in [0.717, 1.165) is 17.2 Å². The zero-order valence-corrected chi connectivity index (χ0v) is 22.2. The van der Waals surface area contributed by atoms with Crippen LogP contribution in [-0.2, 0) is 18.3 Å². The Balaban J connectivity index is 1.46. The molecule has 0 radical (unpaired) electrons. The average molecular weight is 544 g/mol. The number of benzene rings is 1. The first-order valence-electron chi connectivity index (χ1n) is 10.2. The Morgan fingerprint density at radius 2 is 2.03 bits per heavy atom. The number of hydrogen-bond donors (Lipinski definition) is 1. The molecule has 2 amide bonds. The highest BCUT2D eigenvalue weighted by atomic mass is 35.5. The number of aromatic nitrogens is 4. The Kier molecular flexibility index (Phi) is 9.17. The van der Waals surface area contributed by atoms with Crippen molar-refractivity contribution in [1.29, 1.82) is 0 Å². The molecule has 1 aromatic carbocycles. The van der Waals surface area contributed by atoms with Gasteiger partial charge in [0.25, 0.3) is 5.91 Å². The summed E-state index contributed by atoms with van der Waals surface area (Å²) in [5.41, 5.74) is 0.590. The molecule has 3 aromatic rings. The van der Waals surface area contributed by atoms with Gasteiger partial charge in [0, 0.05) is 32.6 Å². The number of rotatable bonds is 10. The minimum absolute atomic E-state index is 0.139. The molecule has 0 fully saturated rings. The van der Waals surface area contributed by atoms with Gasteiger partial charge in [0.15, 0.2) is 10.3 Å². The molecular weight excluding hydrogens is 519 g/mol. The number of anilines is 1. The molecule has 3 rings (SSSR count). The van der Waals surface area contributed by atoms with E-state index in [1.807, 2.05) is 11.6 Å². The Bertz CT molecular complexity index is 1180. The van der Waals surface area contributed by atoms with Crippen LogP contribution in [-0.4, -0.2) is 62.9 Å². The van der Waals surface area contributed by atoms with E-state index in [9.17, 15) is 9.59 Å². The largest absolute Gasteiger partial charge is 0.492 e. The van der Waals surface area contributed by atoms with Crippen LogP contribution in [0, 0.1) is 6.92 Å². The van der Waals surface area contributed by atoms with Gasteiger partial charge in [0.05, 0.1) is 23.1 Å². The molecule has 0 aliphatic heterocycles. The molecule has 0 aliphatic rings. The van der Waals surface area contributed by atoms with Gasteiger partial charge in [-0.1, -0.05) is 46.3 Å². The second-order valence-corrected chi connectivity index (χ2v) is 10.2. The lowest BCUT2D eigenvalue weighted by Gasteiger charge is -2.08. The minimum atomic E-state index is -0.236. The fraction of sp³-hybridized carbons (Fsp3) is 0.381. The number of hydrogen-bond acceptors (Lipinski definition) is 8. The highest BCUT2D eigenvalue weighted by molar-refractivity contribution is 7.99. The van der Waals surface area contributed by atoms with Crippen LogP contribution in [0.4, 0.5) is 5.13 Å². The fourth-order valence-electron chi connectivity index (χ4n) is 2.83. The third-order valence-electron chi connectivity index (χ3n) is 4.60. The molecule has 9 nitrogen and oxygen atoms in total. The molecule has 0 bridgehead atoms. The summed E-state index contributed by atoms with van der Waals surface area (Å²) in [5, 5.41) is 13.2. The number of nitrogens with one attached hydrogen (secondary N) is 1. The zero-order valence-electron chi connectivity index (χ0n) is 19.1. The Morgan fingerprint density at radius 3 is 2.74 bits per heavy atom. The van der Waals surface area contributed by atoms with Crippen LogP contribution in [0.1, 0.15) is 27.6 Å². The number of carbonyl (C=O) groups is 2. The Hall–Kier alpha value is -2.34. The van der Waals surface area contributed by atoms with E-state index in [2.05, 4.69) is 20.5 Å². The summed E-state index contributed by atoms with van der Waals surface area (Å²) < 4.78 is 7.55. The number of thiazole rings is 1. The van der Waals surface area contributed by atoms with Gasteiger partial charge in [-0.15, -0.1) is 10.2 Å². The first-order chi connectivity index (χ1) is 16.2. The summed E-state index contributed by atoms with van der Waals surface area (Å²) in [5.74, 6) is 1.13. The second-order valence-electron chi connectivity index (χ2n) is 7.45. The summed E-state index contributed by atoms with van der Waals surface area (Å²) in [6.45, 7) is 2.21. The predicted octanol–water partition coefficient (Wildman–Crippen LogP) is 4.33. The Morgan fingerprint density at radius 1 is 1.26 bits per heavy atom. The number of nitrogens with zero attached hydrogens (tertiary/aromatic N) is 5. The standard InChI is InChI=1S/C21H24Cl2N6O3S2/c1-12-18(19(31)28(2)3)34-20(24-12)25-17(30)11-33-21-27-26-16(29(21)4)6-5-9-32-15-8-7-13(22)10-14(15)23/h7-8,10H,5-6,9,11H2,1-4H3,(H,24,25,30). The molecule has 0 unspecified atom stereocenters. The van der Waals surface area contributed by atoms with Gasteiger partial charge in [0.2, 0.25) is 5.91 Å². The lowest BCUT2D eigenvalue weighted by Crippen LogP contribution is -2.21. The van der Waals surface area contributed by atoms with E-state index in [0.29, 0.717) is 56.1 Å². The SMILES string of the molecule is Cc1nc(NC(=O)CSc2nnc(CCCOc3ccc(Cl)cc3Cl)n2C)sc1C(=O)N(C)C. The number of carbonyl (C=O) groups excluding carboxylic acids is 2. The molecule has 0 spiro atoms. The maximum absolute atomic E-state index is 12.4. The second kappa shape index (κ2) is 11.9. The van der Waals surface area contributed by atoms with Crippen molar-refractivity contribution in [3.8, 4) is 5.75 Å². The van der Waals surface area contributed by atoms with Crippen molar-refractivity contribution in [1.82, 2.24) is 24.6 Å². The smallest absolute Gasteiger partial charge is 0.265 e. The molecule has 2 aromatic heterocycles. The quantitative estimate of drug-likeness (QED) is 0.300. The normalized spacial score (nSPS) is 10.9. The molecule has 0 saturated carbocycles. The first kappa shape index (κ1) is 26.3. The van der Waals surface area contributed by atoms with Gasteiger partial charge in [0.1, 0.15) is 16.5 Å². The van der Waals surface area contributed by atoms with Gasteiger partial charge in [-0.25, -0.2) is 4.98 Å². The van der Waals surface area contributed by atoms with Crippen molar-refractivity contribution in [3.05, 3.63) is 44.6 Å². The molecule has 1 N–H and O–H groups in total. The number of aryl methyl sites for hydroxylation is 2. The minimum Gasteiger partial charge on any atom is -0.492 e. The van der Waals surface area contributed by atoms with Crippen LogP contribution < -0.4 is 10.1 Å². The maximum Gasteiger partial charge on any atom is 0.265 e. The van der Waals surface area contributed by atoms with Crippen molar-refractivity contribution in [2.45, 2.75) is 24.9 Å². The molecular formula is C21H24Cl2N6O3S2. The van der Waals surface area contributed by atoms with Crippen LogP contribution in [0.15, 0.2) is 23.4 Å². The van der Waals surface area contributed by atoms with Crippen molar-refractivity contribution >= 4 is 63.2 Å². The van der Waals surface area contributed by atoms with Gasteiger partial charge in [-0.2, -0.15) is 0 Å². The van der Waals surface area contributed by atoms with Crippen molar-refractivity contribution in [3.63, 3.8) is 0 Å². The molecule has 13 heteroatoms. The van der Waals surface area contributed by atoms with Crippen molar-refractivity contribution in [2.24, 2.45) is 7.05 Å². The summed E-state index contributed by atoms with van der Waals surface area (Å²) in [6, 6.07) is 5.10.